The Kier molecular flexibility index (Phi) is 29.8. The number of hydrogen-bond acceptors (Lipinski definition) is 16. The number of Topliss-reactive ketones (excluding diaryl/α,β-unsaturated/α-hetero) is 4. The number of primary amides is 2. The molecule has 0 fully saturated rings. The minimum Gasteiger partial charge on any atom is -0.508 e. The Morgan fingerprint density at radius 1 is 0.627 bits per heavy atom. The second-order valence-electron chi connectivity index (χ2n) is 21.9. The van der Waals surface area contributed by atoms with Gasteiger partial charge in [0.05, 0.1) is 55.1 Å². The molecular weight excluding hydrogens is 1090 g/mol. The van der Waals surface area contributed by atoms with Crippen molar-refractivity contribution >= 4 is 76.3 Å². The Balaban J connectivity index is 1.98. The zero-order chi connectivity index (χ0) is 61.9. The number of nitrogens with zero attached hydrogens (tertiary/aromatic N) is 3. The highest BCUT2D eigenvalue weighted by Gasteiger charge is 2.38. The summed E-state index contributed by atoms with van der Waals surface area (Å²) in [6, 6.07) is 0.924. The van der Waals surface area contributed by atoms with Crippen LogP contribution in [-0.4, -0.2) is 144 Å². The van der Waals surface area contributed by atoms with Crippen LogP contribution in [0, 0.1) is 41.4 Å². The maximum Gasteiger partial charge on any atom is 0.240 e. The van der Waals surface area contributed by atoms with Gasteiger partial charge in [-0.3, -0.25) is 52.9 Å². The van der Waals surface area contributed by atoms with Gasteiger partial charge in [0.2, 0.25) is 35.4 Å². The number of rotatable bonds is 41. The van der Waals surface area contributed by atoms with E-state index in [1.54, 1.807) is 13.8 Å². The zero-order valence-corrected chi connectivity index (χ0v) is 49.5. The van der Waals surface area contributed by atoms with Crippen molar-refractivity contribution in [2.24, 2.45) is 69.4 Å². The Labute approximate surface area is 489 Å². The van der Waals surface area contributed by atoms with Gasteiger partial charge in [-0.15, -0.1) is 0 Å². The van der Waals surface area contributed by atoms with Crippen molar-refractivity contribution in [1.29, 1.82) is 0 Å². The molecule has 1 aromatic carbocycles. The molecule has 0 saturated carbocycles. The Morgan fingerprint density at radius 2 is 1.12 bits per heavy atom. The van der Waals surface area contributed by atoms with Crippen LogP contribution in [0.2, 0.25) is 0 Å². The fourth-order valence-corrected chi connectivity index (χ4v) is 9.82. The van der Waals surface area contributed by atoms with Crippen LogP contribution in [0.15, 0.2) is 54.3 Å². The molecule has 26 heteroatoms. The summed E-state index contributed by atoms with van der Waals surface area (Å²) in [4.78, 5) is 157. The second kappa shape index (κ2) is 35.5. The van der Waals surface area contributed by atoms with Crippen molar-refractivity contribution < 1.29 is 58.2 Å². The third-order valence-electron chi connectivity index (χ3n) is 14.6. The number of imidazole rings is 2. The number of H-pyrrole nitrogens is 2. The number of nitrogens with one attached hydrogen (secondary N) is 6. The van der Waals surface area contributed by atoms with E-state index in [4.69, 9.17) is 22.9 Å². The molecule has 0 bridgehead atoms. The molecule has 0 aliphatic heterocycles. The molecule has 0 saturated heterocycles. The number of aliphatic imine (C=N–C) groups is 1. The number of aliphatic hydroxyl groups is 1. The lowest BCUT2D eigenvalue weighted by molar-refractivity contribution is -0.137. The monoisotopic (exact) mass is 1180 g/mol. The Morgan fingerprint density at radius 3 is 1.60 bits per heavy atom. The smallest absolute Gasteiger partial charge is 0.240 e. The summed E-state index contributed by atoms with van der Waals surface area (Å²) in [5, 5.41) is 31.2. The molecule has 16 N–H and O–H groups in total. The number of nitrogens with two attached hydrogens (primary N) is 4. The van der Waals surface area contributed by atoms with Crippen LogP contribution in [0.25, 0.3) is 0 Å². The fraction of sp³-hybridized carbons (Fsp3) is 0.596. The van der Waals surface area contributed by atoms with Gasteiger partial charge in [0.15, 0.2) is 23.3 Å². The standard InChI is InChI=1S/C57H87N13O12S/c1-8-32(4)51(70-56(82)37(19-35-11-13-42(72)14-12-35)23-48(75)44(26-50(58)77)68-53(79)36(10-9-16-64-57(60)61)22-46(73)33(5)34(6)71)49(76)25-39(21-41-28-63-30-66-41)54(80)67-43(15-17-83-7)47(74)24-38(20-40-27-62-29-65-40)55(81)69-45(52(59)78)18-31(2)3/h11-14,27-34,36-39,43-45,51,71-72H,8-10,15-26H2,1-7H3,(H2,58,77)(H2,59,78)(H,62,65)(H,63,66)(H,67,80)(H,68,79)(H,69,81)(H,70,82)(H4,60,61,64)/t32-,33-,34+,36+,37+,38+,39+,43-,44-,45-,51-/m0/s1. The summed E-state index contributed by atoms with van der Waals surface area (Å²) < 4.78 is 0. The van der Waals surface area contributed by atoms with Gasteiger partial charge >= 0.3 is 0 Å². The number of carbonyl (C=O) groups excluding carboxylic acids is 10. The molecule has 0 aliphatic rings. The third-order valence-corrected chi connectivity index (χ3v) is 15.3. The van der Waals surface area contributed by atoms with Crippen LogP contribution < -0.4 is 44.2 Å². The minimum absolute atomic E-state index is 0.00398. The fourth-order valence-electron chi connectivity index (χ4n) is 9.35. The van der Waals surface area contributed by atoms with E-state index in [9.17, 15) is 58.2 Å². The molecule has 0 aliphatic carbocycles. The van der Waals surface area contributed by atoms with Gasteiger partial charge in [-0.25, -0.2) is 9.97 Å². The number of phenols is 1. The van der Waals surface area contributed by atoms with Crippen molar-refractivity contribution in [2.75, 3.05) is 18.6 Å². The number of amides is 6. The molecule has 3 aromatic rings. The van der Waals surface area contributed by atoms with Gasteiger partial charge in [0, 0.05) is 86.6 Å². The van der Waals surface area contributed by atoms with Crippen LogP contribution in [0.3, 0.4) is 0 Å². The van der Waals surface area contributed by atoms with Gasteiger partial charge < -0.3 is 64.4 Å². The lowest BCUT2D eigenvalue weighted by Crippen LogP contribution is -2.51. The lowest BCUT2D eigenvalue weighted by atomic mass is 9.86. The summed E-state index contributed by atoms with van der Waals surface area (Å²) in [6.07, 6.45) is 5.21. The molecule has 0 unspecified atom stereocenters. The molecule has 2 heterocycles. The number of aromatic amines is 2. The van der Waals surface area contributed by atoms with Gasteiger partial charge in [0.1, 0.15) is 17.6 Å². The van der Waals surface area contributed by atoms with Gasteiger partial charge in [-0.05, 0) is 80.6 Å². The number of ketones is 4. The van der Waals surface area contributed by atoms with E-state index in [0.29, 0.717) is 29.1 Å². The lowest BCUT2D eigenvalue weighted by Gasteiger charge is -2.28. The van der Waals surface area contributed by atoms with Crippen molar-refractivity contribution in [3.8, 4) is 5.75 Å². The molecule has 11 atom stereocenters. The predicted octanol–water partition coefficient (Wildman–Crippen LogP) is 1.38. The van der Waals surface area contributed by atoms with Crippen LogP contribution in [0.1, 0.15) is 123 Å². The number of benzene rings is 1. The molecule has 458 valence electrons. The van der Waals surface area contributed by atoms with E-state index in [2.05, 4.69) is 46.2 Å². The van der Waals surface area contributed by atoms with E-state index in [0.717, 1.165) is 0 Å². The number of guanidine groups is 1. The maximum absolute atomic E-state index is 14.8. The highest BCUT2D eigenvalue weighted by molar-refractivity contribution is 7.98. The average molecular weight is 1180 g/mol. The van der Waals surface area contributed by atoms with Crippen LogP contribution in [0.4, 0.5) is 0 Å². The Bertz CT molecular complexity index is 2630. The van der Waals surface area contributed by atoms with Crippen molar-refractivity contribution in [1.82, 2.24) is 41.2 Å². The Hall–Kier alpha value is -7.48. The summed E-state index contributed by atoms with van der Waals surface area (Å²) in [5.74, 6) is -12.4. The first-order valence-corrected chi connectivity index (χ1v) is 29.5. The quantitative estimate of drug-likeness (QED) is 0.0217. The SMILES string of the molecule is CC[C@H](C)[C@H](NC(=O)[C@@H](CC(=O)[C@H](CC(N)=O)NC(=O)[C@H](CCCN=C(N)N)CC(=O)[C@@H](C)[C@@H](C)O)Cc1ccc(O)cc1)C(=O)C[C@@H](Cc1cnc[nH]1)C(=O)N[C@@H](CCSC)C(=O)C[C@@H](Cc1cnc[nH]1)C(=O)N[C@@H](CC(C)C)C(N)=O. The predicted molar refractivity (Wildman–Crippen MR) is 312 cm³/mol. The minimum atomic E-state index is -1.57. The van der Waals surface area contributed by atoms with E-state index in [-0.39, 0.29) is 82.0 Å². The van der Waals surface area contributed by atoms with Crippen LogP contribution >= 0.6 is 11.8 Å². The summed E-state index contributed by atoms with van der Waals surface area (Å²) in [6.45, 7) is 10.3. The van der Waals surface area contributed by atoms with Crippen LogP contribution in [-0.2, 0) is 67.2 Å². The first kappa shape index (κ1) is 69.8. The van der Waals surface area contributed by atoms with Gasteiger partial charge in [-0.1, -0.05) is 53.2 Å². The molecule has 3 rings (SSSR count). The van der Waals surface area contributed by atoms with E-state index >= 15 is 0 Å². The first-order chi connectivity index (χ1) is 39.2. The van der Waals surface area contributed by atoms with Crippen molar-refractivity contribution in [3.05, 3.63) is 66.3 Å². The maximum atomic E-state index is 14.8. The topological polar surface area (TPSA) is 433 Å². The summed E-state index contributed by atoms with van der Waals surface area (Å²) >= 11 is 1.43. The van der Waals surface area contributed by atoms with Gasteiger partial charge in [0.25, 0.3) is 0 Å². The third kappa shape index (κ3) is 24.9. The number of thioether (sulfide) groups is 1. The normalized spacial score (nSPS) is 15.3. The number of aromatic nitrogens is 4. The van der Waals surface area contributed by atoms with Crippen LogP contribution in [0.5, 0.6) is 5.75 Å². The molecule has 0 radical (unpaired) electrons. The summed E-state index contributed by atoms with van der Waals surface area (Å²) in [5.41, 5.74) is 23.7. The van der Waals surface area contributed by atoms with Crippen molar-refractivity contribution in [3.63, 3.8) is 0 Å². The van der Waals surface area contributed by atoms with E-state index in [1.807, 2.05) is 20.1 Å². The largest absolute Gasteiger partial charge is 0.508 e. The molecule has 6 amide bonds. The van der Waals surface area contributed by atoms with Crippen molar-refractivity contribution in [2.45, 2.75) is 155 Å². The number of aromatic hydroxyl groups is 1. The molecule has 0 spiro atoms. The average Bonchev–Trinajstić information content (AvgIpc) is 4.22. The number of aliphatic hydroxyl groups excluding tert-OH is 1. The molecule has 25 nitrogen and oxygen atoms in total. The number of hydrogen-bond donors (Lipinski definition) is 12. The molecule has 2 aromatic heterocycles. The number of carbonyl (C=O) groups is 10. The highest BCUT2D eigenvalue weighted by Crippen LogP contribution is 2.24. The van der Waals surface area contributed by atoms with Gasteiger partial charge in [-0.2, -0.15) is 11.8 Å². The second-order valence-corrected chi connectivity index (χ2v) is 22.9. The highest BCUT2D eigenvalue weighted by atomic mass is 32.2. The zero-order valence-electron chi connectivity index (χ0n) is 48.7. The molecule has 83 heavy (non-hydrogen) atoms. The first-order valence-electron chi connectivity index (χ1n) is 28.1. The summed E-state index contributed by atoms with van der Waals surface area (Å²) in [7, 11) is 0. The molecular formula is C57H87N13O12S. The number of phenolic OH excluding ortho intramolecular Hbond substituents is 1. The van der Waals surface area contributed by atoms with E-state index < -0.39 is 144 Å². The van der Waals surface area contributed by atoms with E-state index in [1.165, 1.54) is 74.9 Å².